The van der Waals surface area contributed by atoms with E-state index in [-0.39, 0.29) is 5.91 Å². The number of anilines is 1. The smallest absolute Gasteiger partial charge is 0.338 e. The summed E-state index contributed by atoms with van der Waals surface area (Å²) in [5, 5.41) is 2.88. The molecule has 1 N–H and O–H groups in total. The average molecular weight is 355 g/mol. The Morgan fingerprint density at radius 2 is 1.77 bits per heavy atom. The minimum Gasteiger partial charge on any atom is -0.494 e. The maximum atomic E-state index is 12.4. The maximum absolute atomic E-state index is 12.4. The molecule has 2 aromatic carbocycles. The van der Waals surface area contributed by atoms with Crippen molar-refractivity contribution in [1.29, 1.82) is 0 Å². The SMILES string of the molecule is CCOc1ccc(C(=O)O[C@@H](C)C(=O)Nc2c(C)cccc2CC)cc1. The lowest BCUT2D eigenvalue weighted by molar-refractivity contribution is -0.123. The second kappa shape index (κ2) is 9.04. The molecule has 0 bridgehead atoms. The van der Waals surface area contributed by atoms with Crippen LogP contribution in [0.3, 0.4) is 0 Å². The molecule has 0 aromatic heterocycles. The van der Waals surface area contributed by atoms with E-state index in [9.17, 15) is 9.59 Å². The number of para-hydroxylation sites is 1. The van der Waals surface area contributed by atoms with Crippen molar-refractivity contribution < 1.29 is 19.1 Å². The lowest BCUT2D eigenvalue weighted by atomic mass is 10.1. The summed E-state index contributed by atoms with van der Waals surface area (Å²) < 4.78 is 10.6. The summed E-state index contributed by atoms with van der Waals surface area (Å²) in [6.45, 7) is 7.97. The lowest BCUT2D eigenvalue weighted by Gasteiger charge is -2.17. The molecule has 0 saturated heterocycles. The number of aryl methyl sites for hydroxylation is 2. The molecule has 0 saturated carbocycles. The number of nitrogens with one attached hydrogen (secondary N) is 1. The molecule has 2 rings (SSSR count). The lowest BCUT2D eigenvalue weighted by Crippen LogP contribution is -2.30. The van der Waals surface area contributed by atoms with Gasteiger partial charge in [-0.2, -0.15) is 0 Å². The van der Waals surface area contributed by atoms with E-state index in [2.05, 4.69) is 5.32 Å². The van der Waals surface area contributed by atoms with Gasteiger partial charge in [0.1, 0.15) is 5.75 Å². The number of benzene rings is 2. The van der Waals surface area contributed by atoms with Crippen molar-refractivity contribution in [2.45, 2.75) is 40.2 Å². The average Bonchev–Trinajstić information content (AvgIpc) is 2.64. The summed E-state index contributed by atoms with van der Waals surface area (Å²) in [6, 6.07) is 12.5. The molecule has 0 aliphatic heterocycles. The number of carbonyl (C=O) groups is 2. The zero-order valence-corrected chi connectivity index (χ0v) is 15.7. The second-order valence-electron chi connectivity index (χ2n) is 5.96. The van der Waals surface area contributed by atoms with Gasteiger partial charge in [-0.05, 0) is 62.6 Å². The molecule has 0 unspecified atom stereocenters. The molecule has 0 aliphatic carbocycles. The van der Waals surface area contributed by atoms with Crippen LogP contribution in [0.25, 0.3) is 0 Å². The number of rotatable bonds is 7. The highest BCUT2D eigenvalue weighted by Gasteiger charge is 2.20. The van der Waals surface area contributed by atoms with Crippen LogP contribution in [-0.4, -0.2) is 24.6 Å². The number of esters is 1. The monoisotopic (exact) mass is 355 g/mol. The van der Waals surface area contributed by atoms with Crippen molar-refractivity contribution >= 4 is 17.6 Å². The summed E-state index contributed by atoms with van der Waals surface area (Å²) in [4.78, 5) is 24.7. The van der Waals surface area contributed by atoms with Gasteiger partial charge in [-0.3, -0.25) is 4.79 Å². The van der Waals surface area contributed by atoms with E-state index in [4.69, 9.17) is 9.47 Å². The van der Waals surface area contributed by atoms with E-state index in [1.807, 2.05) is 39.0 Å². The molecular formula is C21H25NO4. The highest BCUT2D eigenvalue weighted by molar-refractivity contribution is 5.98. The van der Waals surface area contributed by atoms with Crippen molar-refractivity contribution in [1.82, 2.24) is 0 Å². The molecule has 0 spiro atoms. The first-order valence-electron chi connectivity index (χ1n) is 8.79. The van der Waals surface area contributed by atoms with E-state index in [0.29, 0.717) is 17.9 Å². The van der Waals surface area contributed by atoms with Gasteiger partial charge in [0, 0.05) is 5.69 Å². The largest absolute Gasteiger partial charge is 0.494 e. The molecule has 5 heteroatoms. The molecule has 2 aromatic rings. The van der Waals surface area contributed by atoms with Crippen LogP contribution in [0.1, 0.15) is 42.3 Å². The van der Waals surface area contributed by atoms with Crippen molar-refractivity contribution in [3.63, 3.8) is 0 Å². The molecule has 0 fully saturated rings. The molecule has 5 nitrogen and oxygen atoms in total. The van der Waals surface area contributed by atoms with Gasteiger partial charge in [-0.15, -0.1) is 0 Å². The number of ether oxygens (including phenoxy) is 2. The summed E-state index contributed by atoms with van der Waals surface area (Å²) in [7, 11) is 0. The van der Waals surface area contributed by atoms with E-state index in [1.165, 1.54) is 0 Å². The predicted molar refractivity (Wildman–Crippen MR) is 102 cm³/mol. The Kier molecular flexibility index (Phi) is 6.78. The zero-order chi connectivity index (χ0) is 19.1. The van der Waals surface area contributed by atoms with Crippen LogP contribution in [0.5, 0.6) is 5.75 Å². The maximum Gasteiger partial charge on any atom is 0.338 e. The van der Waals surface area contributed by atoms with E-state index in [1.54, 1.807) is 31.2 Å². The van der Waals surface area contributed by atoms with Crippen LogP contribution in [-0.2, 0) is 16.0 Å². The van der Waals surface area contributed by atoms with Crippen LogP contribution in [0.15, 0.2) is 42.5 Å². The minimum absolute atomic E-state index is 0.353. The highest BCUT2D eigenvalue weighted by Crippen LogP contribution is 2.21. The molecule has 0 aliphatic rings. The first kappa shape index (κ1) is 19.5. The van der Waals surface area contributed by atoms with Gasteiger partial charge >= 0.3 is 5.97 Å². The summed E-state index contributed by atoms with van der Waals surface area (Å²) >= 11 is 0. The van der Waals surface area contributed by atoms with Gasteiger partial charge in [0.05, 0.1) is 12.2 Å². The minimum atomic E-state index is -0.904. The van der Waals surface area contributed by atoms with Crippen molar-refractivity contribution in [3.05, 3.63) is 59.2 Å². The molecule has 138 valence electrons. The first-order chi connectivity index (χ1) is 12.5. The fourth-order valence-corrected chi connectivity index (χ4v) is 2.56. The molecular weight excluding hydrogens is 330 g/mol. The summed E-state index contributed by atoms with van der Waals surface area (Å²) in [6.07, 6.45) is -0.101. The zero-order valence-electron chi connectivity index (χ0n) is 15.7. The Morgan fingerprint density at radius 1 is 1.08 bits per heavy atom. The molecule has 0 radical (unpaired) electrons. The van der Waals surface area contributed by atoms with Gasteiger partial charge in [-0.25, -0.2) is 4.79 Å². The number of hydrogen-bond acceptors (Lipinski definition) is 4. The normalized spacial score (nSPS) is 11.5. The standard InChI is InChI=1S/C21H25NO4/c1-5-16-9-7-8-14(3)19(16)22-20(23)15(4)26-21(24)17-10-12-18(13-11-17)25-6-2/h7-13,15H,5-6H2,1-4H3,(H,22,23)/t15-/m0/s1. The molecule has 1 atom stereocenters. The van der Waals surface area contributed by atoms with Gasteiger partial charge in [0.25, 0.3) is 5.91 Å². The second-order valence-corrected chi connectivity index (χ2v) is 5.96. The van der Waals surface area contributed by atoms with E-state index in [0.717, 1.165) is 23.2 Å². The van der Waals surface area contributed by atoms with Gasteiger partial charge in [0.2, 0.25) is 0 Å². The van der Waals surface area contributed by atoms with Gasteiger partial charge in [0.15, 0.2) is 6.10 Å². The number of hydrogen-bond donors (Lipinski definition) is 1. The van der Waals surface area contributed by atoms with Crippen molar-refractivity contribution in [3.8, 4) is 5.75 Å². The number of amides is 1. The van der Waals surface area contributed by atoms with Crippen LogP contribution in [0, 0.1) is 6.92 Å². The quantitative estimate of drug-likeness (QED) is 0.758. The van der Waals surface area contributed by atoms with Gasteiger partial charge < -0.3 is 14.8 Å². The molecule has 26 heavy (non-hydrogen) atoms. The third-order valence-corrected chi connectivity index (χ3v) is 4.04. The molecule has 1 amide bonds. The Labute approximate surface area is 154 Å². The highest BCUT2D eigenvalue weighted by atomic mass is 16.5. The van der Waals surface area contributed by atoms with Crippen LogP contribution >= 0.6 is 0 Å². The van der Waals surface area contributed by atoms with Crippen molar-refractivity contribution in [2.75, 3.05) is 11.9 Å². The van der Waals surface area contributed by atoms with Gasteiger partial charge in [-0.1, -0.05) is 25.1 Å². The fourth-order valence-electron chi connectivity index (χ4n) is 2.56. The predicted octanol–water partition coefficient (Wildman–Crippen LogP) is 4.14. The Balaban J connectivity index is 2.01. The Hall–Kier alpha value is -2.82. The summed E-state index contributed by atoms with van der Waals surface area (Å²) in [5.41, 5.74) is 3.17. The fraction of sp³-hybridized carbons (Fsp3) is 0.333. The van der Waals surface area contributed by atoms with Crippen LogP contribution in [0.4, 0.5) is 5.69 Å². The van der Waals surface area contributed by atoms with Crippen molar-refractivity contribution in [2.24, 2.45) is 0 Å². The topological polar surface area (TPSA) is 64.6 Å². The summed E-state index contributed by atoms with van der Waals surface area (Å²) in [5.74, 6) is -0.217. The Bertz CT molecular complexity index is 768. The third-order valence-electron chi connectivity index (χ3n) is 4.04. The van der Waals surface area contributed by atoms with E-state index < -0.39 is 12.1 Å². The van der Waals surface area contributed by atoms with Crippen LogP contribution in [0.2, 0.25) is 0 Å². The number of carbonyl (C=O) groups excluding carboxylic acids is 2. The third kappa shape index (κ3) is 4.85. The first-order valence-corrected chi connectivity index (χ1v) is 8.79. The van der Waals surface area contributed by atoms with Crippen LogP contribution < -0.4 is 10.1 Å². The molecule has 0 heterocycles. The van der Waals surface area contributed by atoms with E-state index >= 15 is 0 Å². The Morgan fingerprint density at radius 3 is 2.38 bits per heavy atom.